The van der Waals surface area contributed by atoms with Gasteiger partial charge in [0, 0.05) is 42.6 Å². The molecule has 10 rings (SSSR count). The van der Waals surface area contributed by atoms with Crippen LogP contribution < -0.4 is 4.90 Å². The zero-order valence-electron chi connectivity index (χ0n) is 28.8. The standard InChI is InChI=1S/C50H35NS/c1-50(37-15-6-3-7-16-37)46-21-10-8-17-42(46)43-32-31-40(33-47(43)50)51(38-27-23-35(24-28-38)34-13-4-2-5-14-34)39-29-25-36(26-30-39)41-19-12-20-45-44-18-9-11-22-48(44)52-49(41)45/h2-33H,1H3. The summed E-state index contributed by atoms with van der Waals surface area (Å²) < 4.78 is 2.66. The Hall–Kier alpha value is -6.22. The van der Waals surface area contributed by atoms with Crippen LogP contribution in [0.2, 0.25) is 0 Å². The van der Waals surface area contributed by atoms with Crippen LogP contribution >= 0.6 is 11.3 Å². The first-order valence-electron chi connectivity index (χ1n) is 17.9. The van der Waals surface area contributed by atoms with Gasteiger partial charge in [0.05, 0.1) is 0 Å². The Morgan fingerprint density at radius 1 is 0.404 bits per heavy atom. The maximum absolute atomic E-state index is 2.43. The van der Waals surface area contributed by atoms with Crippen molar-refractivity contribution in [2.45, 2.75) is 12.3 Å². The van der Waals surface area contributed by atoms with E-state index in [1.807, 2.05) is 11.3 Å². The highest BCUT2D eigenvalue weighted by molar-refractivity contribution is 7.26. The smallest absolute Gasteiger partial charge is 0.0465 e. The Labute approximate surface area is 308 Å². The van der Waals surface area contributed by atoms with Gasteiger partial charge in [0.25, 0.3) is 0 Å². The third-order valence-corrected chi connectivity index (χ3v) is 12.2. The summed E-state index contributed by atoms with van der Waals surface area (Å²) in [6.07, 6.45) is 0. The summed E-state index contributed by atoms with van der Waals surface area (Å²) in [5.41, 5.74) is 14.6. The lowest BCUT2D eigenvalue weighted by molar-refractivity contribution is 0.714. The fourth-order valence-corrected chi connectivity index (χ4v) is 9.59. The largest absolute Gasteiger partial charge is 0.310 e. The molecule has 2 heteroatoms. The molecule has 1 aliphatic rings. The predicted octanol–water partition coefficient (Wildman–Crippen LogP) is 14.2. The summed E-state index contributed by atoms with van der Waals surface area (Å²) in [6.45, 7) is 2.39. The van der Waals surface area contributed by atoms with E-state index in [1.165, 1.54) is 70.2 Å². The molecule has 1 aliphatic carbocycles. The van der Waals surface area contributed by atoms with Gasteiger partial charge in [-0.05, 0) is 99.5 Å². The molecule has 0 bridgehead atoms. The summed E-state index contributed by atoms with van der Waals surface area (Å²) in [6, 6.07) is 71.1. The van der Waals surface area contributed by atoms with E-state index in [9.17, 15) is 0 Å². The lowest BCUT2D eigenvalue weighted by atomic mass is 9.74. The Morgan fingerprint density at radius 2 is 0.962 bits per heavy atom. The first-order chi connectivity index (χ1) is 25.7. The topological polar surface area (TPSA) is 3.24 Å². The molecule has 0 spiro atoms. The van der Waals surface area contributed by atoms with Crippen molar-refractivity contribution in [2.75, 3.05) is 4.90 Å². The van der Waals surface area contributed by atoms with E-state index < -0.39 is 0 Å². The highest BCUT2D eigenvalue weighted by Crippen LogP contribution is 2.54. The molecule has 0 fully saturated rings. The first kappa shape index (κ1) is 30.6. The van der Waals surface area contributed by atoms with E-state index >= 15 is 0 Å². The minimum absolute atomic E-state index is 0.279. The van der Waals surface area contributed by atoms with Gasteiger partial charge in [-0.15, -0.1) is 11.3 Å². The lowest BCUT2D eigenvalue weighted by Gasteiger charge is -2.31. The van der Waals surface area contributed by atoms with Gasteiger partial charge in [0.15, 0.2) is 0 Å². The van der Waals surface area contributed by atoms with Gasteiger partial charge in [-0.1, -0.05) is 152 Å². The van der Waals surface area contributed by atoms with Crippen LogP contribution in [-0.2, 0) is 5.41 Å². The maximum Gasteiger partial charge on any atom is 0.0465 e. The Morgan fingerprint density at radius 3 is 1.73 bits per heavy atom. The molecule has 8 aromatic carbocycles. The number of fused-ring (bicyclic) bond motifs is 6. The predicted molar refractivity (Wildman–Crippen MR) is 222 cm³/mol. The Kier molecular flexibility index (Phi) is 7.19. The molecule has 1 aromatic heterocycles. The molecule has 0 radical (unpaired) electrons. The van der Waals surface area contributed by atoms with Crippen LogP contribution in [-0.4, -0.2) is 0 Å². The van der Waals surface area contributed by atoms with Crippen molar-refractivity contribution in [3.05, 3.63) is 211 Å². The number of rotatable bonds is 6. The third-order valence-electron chi connectivity index (χ3n) is 11.0. The maximum atomic E-state index is 2.43. The summed E-state index contributed by atoms with van der Waals surface area (Å²) in [5, 5.41) is 2.65. The minimum Gasteiger partial charge on any atom is -0.310 e. The Balaban J connectivity index is 1.12. The van der Waals surface area contributed by atoms with Crippen LogP contribution in [0.1, 0.15) is 23.6 Å². The van der Waals surface area contributed by atoms with Crippen molar-refractivity contribution < 1.29 is 0 Å². The van der Waals surface area contributed by atoms with Gasteiger partial charge in [0.2, 0.25) is 0 Å². The third kappa shape index (κ3) is 4.83. The molecule has 1 nitrogen and oxygen atoms in total. The molecular weight excluding hydrogens is 647 g/mol. The highest BCUT2D eigenvalue weighted by atomic mass is 32.1. The number of anilines is 3. The van der Waals surface area contributed by atoms with E-state index in [-0.39, 0.29) is 5.41 Å². The van der Waals surface area contributed by atoms with Crippen molar-refractivity contribution in [1.29, 1.82) is 0 Å². The van der Waals surface area contributed by atoms with E-state index in [0.717, 1.165) is 17.1 Å². The van der Waals surface area contributed by atoms with Crippen LogP contribution in [0.3, 0.4) is 0 Å². The number of hydrogen-bond acceptors (Lipinski definition) is 2. The van der Waals surface area contributed by atoms with Gasteiger partial charge >= 0.3 is 0 Å². The van der Waals surface area contributed by atoms with E-state index in [2.05, 4.69) is 206 Å². The SMILES string of the molecule is CC1(c2ccccc2)c2ccccc2-c2ccc(N(c3ccc(-c4ccccc4)cc3)c3ccc(-c4cccc5c4sc4ccccc45)cc3)cc21. The van der Waals surface area contributed by atoms with Crippen molar-refractivity contribution in [3.63, 3.8) is 0 Å². The van der Waals surface area contributed by atoms with Crippen LogP contribution in [0.15, 0.2) is 194 Å². The molecule has 1 unspecified atom stereocenters. The molecule has 9 aromatic rings. The number of thiophene rings is 1. The van der Waals surface area contributed by atoms with E-state index in [1.54, 1.807) is 0 Å². The average Bonchev–Trinajstić information content (AvgIpc) is 3.73. The highest BCUT2D eigenvalue weighted by Gasteiger charge is 2.41. The zero-order chi connectivity index (χ0) is 34.6. The molecule has 246 valence electrons. The monoisotopic (exact) mass is 681 g/mol. The zero-order valence-corrected chi connectivity index (χ0v) is 29.6. The second-order valence-corrected chi connectivity index (χ2v) is 14.9. The van der Waals surface area contributed by atoms with Gasteiger partial charge in [-0.2, -0.15) is 0 Å². The van der Waals surface area contributed by atoms with Gasteiger partial charge < -0.3 is 4.90 Å². The summed E-state index contributed by atoms with van der Waals surface area (Å²) in [7, 11) is 0. The fraction of sp³-hybridized carbons (Fsp3) is 0.0400. The van der Waals surface area contributed by atoms with Crippen LogP contribution in [0, 0.1) is 0 Å². The second-order valence-electron chi connectivity index (χ2n) is 13.8. The number of nitrogens with zero attached hydrogens (tertiary/aromatic N) is 1. The fourth-order valence-electron chi connectivity index (χ4n) is 8.35. The van der Waals surface area contributed by atoms with Gasteiger partial charge in [-0.25, -0.2) is 0 Å². The lowest BCUT2D eigenvalue weighted by Crippen LogP contribution is -2.22. The van der Waals surface area contributed by atoms with Gasteiger partial charge in [0.1, 0.15) is 0 Å². The van der Waals surface area contributed by atoms with Crippen LogP contribution in [0.5, 0.6) is 0 Å². The van der Waals surface area contributed by atoms with Crippen molar-refractivity contribution >= 4 is 48.6 Å². The molecule has 0 aliphatic heterocycles. The first-order valence-corrected chi connectivity index (χ1v) is 18.7. The van der Waals surface area contributed by atoms with Crippen LogP contribution in [0.25, 0.3) is 53.6 Å². The molecule has 0 saturated heterocycles. The van der Waals surface area contributed by atoms with E-state index in [4.69, 9.17) is 0 Å². The number of benzene rings is 8. The molecule has 0 N–H and O–H groups in total. The molecule has 0 saturated carbocycles. The normalized spacial score (nSPS) is 14.7. The van der Waals surface area contributed by atoms with Crippen LogP contribution in [0.4, 0.5) is 17.1 Å². The molecular formula is C50H35NS. The molecule has 1 heterocycles. The molecule has 1 atom stereocenters. The van der Waals surface area contributed by atoms with Crippen molar-refractivity contribution in [1.82, 2.24) is 0 Å². The molecule has 0 amide bonds. The van der Waals surface area contributed by atoms with Crippen molar-refractivity contribution in [3.8, 4) is 33.4 Å². The van der Waals surface area contributed by atoms with E-state index in [0.29, 0.717) is 0 Å². The quantitative estimate of drug-likeness (QED) is 0.169. The number of hydrogen-bond donors (Lipinski definition) is 0. The average molecular weight is 682 g/mol. The van der Waals surface area contributed by atoms with Gasteiger partial charge in [-0.3, -0.25) is 0 Å². The Bertz CT molecular complexity index is 2730. The summed E-state index contributed by atoms with van der Waals surface area (Å²) in [4.78, 5) is 2.41. The van der Waals surface area contributed by atoms with Crippen molar-refractivity contribution in [2.24, 2.45) is 0 Å². The summed E-state index contributed by atoms with van der Waals surface area (Å²) >= 11 is 1.88. The summed E-state index contributed by atoms with van der Waals surface area (Å²) in [5.74, 6) is 0. The second kappa shape index (κ2) is 12.2. The molecule has 52 heavy (non-hydrogen) atoms. The minimum atomic E-state index is -0.279.